The number of hydrogen-bond acceptors (Lipinski definition) is 16. The number of nitrogens with two attached hydrogens (primary N) is 6. The highest BCUT2D eigenvalue weighted by Crippen LogP contribution is 2.33. The van der Waals surface area contributed by atoms with Crippen LogP contribution in [0.1, 0.15) is 104 Å². The van der Waals surface area contributed by atoms with Gasteiger partial charge >= 0.3 is 12.0 Å². The molecule has 0 unspecified atom stereocenters. The molecule has 0 bridgehead atoms. The number of hydrogen-bond donors (Lipinski definition) is 17. The van der Waals surface area contributed by atoms with E-state index in [2.05, 4.69) is 62.8 Å². The molecule has 4 saturated heterocycles. The Balaban J connectivity index is 1.31. The monoisotopic (exact) mass is 1190 g/mol. The van der Waals surface area contributed by atoms with Crippen molar-refractivity contribution in [3.05, 3.63) is 0 Å². The van der Waals surface area contributed by atoms with Crippen LogP contribution in [0.4, 0.5) is 4.79 Å². The van der Waals surface area contributed by atoms with Crippen LogP contribution >= 0.6 is 11.8 Å². The molecule has 0 aliphatic carbocycles. The molecule has 0 saturated carbocycles. The minimum absolute atomic E-state index is 0.0256. The van der Waals surface area contributed by atoms with Gasteiger partial charge in [0.25, 0.3) is 0 Å². The van der Waals surface area contributed by atoms with E-state index in [9.17, 15) is 63.0 Å². The van der Waals surface area contributed by atoms with Gasteiger partial charge in [0.05, 0.1) is 31.3 Å². The third-order valence-electron chi connectivity index (χ3n) is 14.2. The molecular weight excluding hydrogens is 1110 g/mol. The molecule has 4 aliphatic heterocycles. The standard InChI is InChI=1S/C49H84N20O13S/c1-25(61-34(71)16-4-3-15-33-38-30(24-83-33)65-49(82)67-38)43(78)68-20-9-14-32(68)42(77)63-28(11-6-18-57-47(52)53)40(75)66-37(26(2)70)44(79)69-21-8-13-31(69)41(76)60-22-35(72)59-23-36(73)62-27(10-5-17-56-46(50)51)39(74)64-29(45(80)81)12-7-19-58-48(54)55/h25-33,37-38,70H,3-24H2,1-2H3,(H,59,72)(H,60,76)(H,61,71)(H,62,73)(H,63,77)(H,64,74)(H,66,75)(H,80,81)(H4,50,51,56)(H4,52,53,57)(H4,54,55,58)(H2,65,67,82)/t25-,26+,27-,28-,29-,30-,31-,32-,33-,37-,38-/m0/s1. The maximum absolute atomic E-state index is 14.1. The zero-order valence-corrected chi connectivity index (χ0v) is 47.7. The van der Waals surface area contributed by atoms with E-state index >= 15 is 0 Å². The molecular formula is C49H84N20O13S. The number of carbonyl (C=O) groups is 11. The number of carboxylic acid groups (broad SMARTS) is 1. The quantitative estimate of drug-likeness (QED) is 0.0123. The van der Waals surface area contributed by atoms with Crippen LogP contribution in [0.25, 0.3) is 0 Å². The molecule has 34 heteroatoms. The minimum Gasteiger partial charge on any atom is -0.480 e. The summed E-state index contributed by atoms with van der Waals surface area (Å²) in [7, 11) is 0. The van der Waals surface area contributed by atoms with Crippen molar-refractivity contribution in [2.75, 3.05) is 51.6 Å². The van der Waals surface area contributed by atoms with E-state index in [0.29, 0.717) is 19.3 Å². The normalized spacial score (nSPS) is 20.9. The van der Waals surface area contributed by atoms with Crippen LogP contribution in [0.3, 0.4) is 0 Å². The highest BCUT2D eigenvalue weighted by Gasteiger charge is 2.44. The number of carbonyl (C=O) groups excluding carboxylic acids is 10. The minimum atomic E-state index is -1.63. The third-order valence-corrected chi connectivity index (χ3v) is 15.7. The van der Waals surface area contributed by atoms with Crippen molar-refractivity contribution in [3.63, 3.8) is 0 Å². The number of guanidine groups is 3. The molecule has 83 heavy (non-hydrogen) atoms. The maximum Gasteiger partial charge on any atom is 0.326 e. The molecule has 0 aromatic carbocycles. The van der Waals surface area contributed by atoms with Gasteiger partial charge in [0.2, 0.25) is 53.2 Å². The molecule has 33 nitrogen and oxygen atoms in total. The summed E-state index contributed by atoms with van der Waals surface area (Å²) in [6.07, 6.45) is 2.35. The van der Waals surface area contributed by atoms with Gasteiger partial charge in [-0.05, 0) is 90.9 Å². The van der Waals surface area contributed by atoms with Crippen molar-refractivity contribution in [1.29, 1.82) is 0 Å². The lowest BCUT2D eigenvalue weighted by atomic mass is 10.0. The first-order valence-electron chi connectivity index (χ1n) is 27.8. The van der Waals surface area contributed by atoms with Crippen LogP contribution in [-0.2, 0) is 47.9 Å². The average molecular weight is 1190 g/mol. The predicted molar refractivity (Wildman–Crippen MR) is 304 cm³/mol. The number of rotatable bonds is 34. The zero-order chi connectivity index (χ0) is 61.3. The van der Waals surface area contributed by atoms with E-state index in [-0.39, 0.29) is 138 Å². The highest BCUT2D eigenvalue weighted by molar-refractivity contribution is 8.00. The van der Waals surface area contributed by atoms with Gasteiger partial charge in [-0.15, -0.1) is 0 Å². The Kier molecular flexibility index (Phi) is 27.6. The Morgan fingerprint density at radius 1 is 0.627 bits per heavy atom. The number of nitrogens with one attached hydrogen (secondary N) is 9. The Morgan fingerprint density at radius 2 is 1.16 bits per heavy atom. The van der Waals surface area contributed by atoms with Crippen LogP contribution in [-0.4, -0.2) is 220 Å². The van der Waals surface area contributed by atoms with Crippen LogP contribution in [0, 0.1) is 0 Å². The molecule has 23 N–H and O–H groups in total. The van der Waals surface area contributed by atoms with Gasteiger partial charge in [-0.25, -0.2) is 9.59 Å². The van der Waals surface area contributed by atoms with Crippen LogP contribution < -0.4 is 82.3 Å². The van der Waals surface area contributed by atoms with Gasteiger partial charge < -0.3 is 102 Å². The number of likely N-dealkylation sites (tertiary alicyclic amines) is 2. The van der Waals surface area contributed by atoms with Gasteiger partial charge in [0, 0.05) is 50.1 Å². The summed E-state index contributed by atoms with van der Waals surface area (Å²) in [5.41, 5.74) is 32.4. The van der Waals surface area contributed by atoms with Crippen molar-refractivity contribution in [3.8, 4) is 0 Å². The highest BCUT2D eigenvalue weighted by atomic mass is 32.2. The summed E-state index contributed by atoms with van der Waals surface area (Å²) in [5, 5.41) is 44.2. The van der Waals surface area contributed by atoms with Gasteiger partial charge in [0.1, 0.15) is 42.3 Å². The molecule has 4 rings (SSSR count). The van der Waals surface area contributed by atoms with Crippen molar-refractivity contribution in [2.45, 2.75) is 169 Å². The van der Waals surface area contributed by atoms with Gasteiger partial charge in [0.15, 0.2) is 17.9 Å². The van der Waals surface area contributed by atoms with Crippen LogP contribution in [0.15, 0.2) is 15.0 Å². The van der Waals surface area contributed by atoms with Crippen molar-refractivity contribution in [1.82, 2.24) is 57.7 Å². The average Bonchev–Trinajstić information content (AvgIpc) is 3.94. The topological polar surface area (TPSA) is 536 Å². The van der Waals surface area contributed by atoms with E-state index in [1.54, 1.807) is 11.8 Å². The van der Waals surface area contributed by atoms with Crippen LogP contribution in [0.5, 0.6) is 0 Å². The molecule has 464 valence electrons. The summed E-state index contributed by atoms with van der Waals surface area (Å²) in [4.78, 5) is 159. The van der Waals surface area contributed by atoms with Gasteiger partial charge in [-0.3, -0.25) is 58.1 Å². The van der Waals surface area contributed by atoms with E-state index in [0.717, 1.165) is 23.5 Å². The Bertz CT molecular complexity index is 2400. The summed E-state index contributed by atoms with van der Waals surface area (Å²) >= 11 is 1.78. The second kappa shape index (κ2) is 33.9. The number of carboxylic acids is 1. The molecule has 0 radical (unpaired) electrons. The third kappa shape index (κ3) is 22.4. The van der Waals surface area contributed by atoms with E-state index in [1.807, 2.05) is 0 Å². The molecule has 0 aromatic rings. The molecule has 4 aliphatic rings. The van der Waals surface area contributed by atoms with Crippen molar-refractivity contribution < 1.29 is 63.0 Å². The largest absolute Gasteiger partial charge is 0.480 e. The summed E-state index contributed by atoms with van der Waals surface area (Å²) in [6.45, 7) is 1.90. The van der Waals surface area contributed by atoms with Crippen LogP contribution in [0.2, 0.25) is 0 Å². The lowest BCUT2D eigenvalue weighted by Crippen LogP contribution is -2.61. The summed E-state index contributed by atoms with van der Waals surface area (Å²) in [6, 6.07) is -8.78. The number of amides is 11. The Hall–Kier alpha value is -7.91. The van der Waals surface area contributed by atoms with Gasteiger partial charge in [-0.2, -0.15) is 11.8 Å². The fraction of sp³-hybridized carbons (Fsp3) is 0.714. The number of urea groups is 1. The molecule has 4 heterocycles. The maximum atomic E-state index is 14.1. The van der Waals surface area contributed by atoms with E-state index < -0.39 is 115 Å². The number of aliphatic hydroxyl groups excluding tert-OH is 1. The number of fused-ring (bicyclic) bond motifs is 1. The number of aliphatic imine (C=N–C) groups is 3. The van der Waals surface area contributed by atoms with Gasteiger partial charge in [-0.1, -0.05) is 6.42 Å². The number of aliphatic hydroxyl groups is 1. The van der Waals surface area contributed by atoms with Crippen molar-refractivity contribution >= 4 is 94.8 Å². The number of unbranched alkanes of at least 4 members (excludes halogenated alkanes) is 1. The molecule has 11 atom stereocenters. The molecule has 0 spiro atoms. The second-order valence-corrected chi connectivity index (χ2v) is 22.0. The first-order chi connectivity index (χ1) is 39.4. The fourth-order valence-electron chi connectivity index (χ4n) is 9.94. The Labute approximate surface area is 484 Å². The summed E-state index contributed by atoms with van der Waals surface area (Å²) < 4.78 is 0. The van der Waals surface area contributed by atoms with E-state index in [1.165, 1.54) is 18.7 Å². The zero-order valence-electron chi connectivity index (χ0n) is 46.9. The number of aliphatic carboxylic acids is 1. The molecule has 11 amide bonds. The number of thioether (sulfide) groups is 1. The lowest BCUT2D eigenvalue weighted by Gasteiger charge is -2.31. The number of nitrogens with zero attached hydrogens (tertiary/aromatic N) is 5. The molecule has 4 fully saturated rings. The molecule has 0 aromatic heterocycles. The SMILES string of the molecule is C[C@H](NC(=O)CCCC[C@@H]1SC[C@@H]2NC(=O)N[C@@H]21)C(=O)N1CCC[C@H]1C(=O)N[C@@H](CCCN=C(N)N)C(=O)N[C@H](C(=O)N1CCC[C@H]1C(=O)NCC(=O)NCC(=O)N[C@@H](CCCN=C(N)N)C(=O)N[C@@H](CCCN=C(N)N)C(=O)O)[C@@H](C)O. The predicted octanol–water partition coefficient (Wildman–Crippen LogP) is -7.00. The fourth-order valence-corrected chi connectivity index (χ4v) is 11.5. The smallest absolute Gasteiger partial charge is 0.326 e. The van der Waals surface area contributed by atoms with E-state index in [4.69, 9.17) is 34.4 Å². The van der Waals surface area contributed by atoms with Crippen molar-refractivity contribution in [2.24, 2.45) is 49.4 Å². The first kappa shape index (κ1) is 67.6. The Morgan fingerprint density at radius 3 is 1.72 bits per heavy atom. The second-order valence-electron chi connectivity index (χ2n) is 20.7. The summed E-state index contributed by atoms with van der Waals surface area (Å²) in [5.74, 6) is -7.68. The lowest BCUT2D eigenvalue weighted by molar-refractivity contribution is -0.144. The first-order valence-corrected chi connectivity index (χ1v) is 28.8.